The Labute approximate surface area is 236 Å². The molecule has 1 aliphatic carbocycles. The molecule has 0 aliphatic heterocycles. The molecule has 3 rings (SSSR count). The molecule has 1 amide bonds. The summed E-state index contributed by atoms with van der Waals surface area (Å²) in [7, 11) is 0. The number of hydrogen-bond donors (Lipinski definition) is 3. The number of carboxylic acid groups (broad SMARTS) is 1. The van der Waals surface area contributed by atoms with Crippen LogP contribution in [0.4, 0.5) is 0 Å². The lowest BCUT2D eigenvalue weighted by Crippen LogP contribution is -2.32. The number of carbonyl (C=O) groups is 2. The van der Waals surface area contributed by atoms with Gasteiger partial charge in [-0.2, -0.15) is 0 Å². The van der Waals surface area contributed by atoms with Crippen molar-refractivity contribution in [3.63, 3.8) is 0 Å². The summed E-state index contributed by atoms with van der Waals surface area (Å²) in [6.45, 7) is 10.3. The first-order valence-electron chi connectivity index (χ1n) is 13.1. The summed E-state index contributed by atoms with van der Waals surface area (Å²) < 4.78 is 0. The summed E-state index contributed by atoms with van der Waals surface area (Å²) in [5.74, 6) is -2.25. The van der Waals surface area contributed by atoms with Gasteiger partial charge in [-0.25, -0.2) is 4.79 Å². The molecule has 1 aliphatic rings. The van der Waals surface area contributed by atoms with Crippen molar-refractivity contribution in [2.24, 2.45) is 5.73 Å². The van der Waals surface area contributed by atoms with Crippen molar-refractivity contribution in [1.82, 2.24) is 5.32 Å². The van der Waals surface area contributed by atoms with Crippen LogP contribution in [0.25, 0.3) is 0 Å². The van der Waals surface area contributed by atoms with Gasteiger partial charge in [-0.05, 0) is 68.9 Å². The van der Waals surface area contributed by atoms with Crippen molar-refractivity contribution < 1.29 is 14.7 Å². The van der Waals surface area contributed by atoms with Crippen LogP contribution in [0.1, 0.15) is 63.0 Å². The van der Waals surface area contributed by atoms with Crippen LogP contribution in [0.2, 0.25) is 5.02 Å². The highest BCUT2D eigenvalue weighted by atomic mass is 35.5. The normalized spacial score (nSPS) is 17.2. The predicted molar refractivity (Wildman–Crippen MR) is 159 cm³/mol. The Kier molecular flexibility index (Phi) is 10.5. The highest BCUT2D eigenvalue weighted by Crippen LogP contribution is 2.40. The molecule has 0 saturated heterocycles. The van der Waals surface area contributed by atoms with E-state index in [0.717, 1.165) is 16.7 Å². The Morgan fingerprint density at radius 2 is 1.87 bits per heavy atom. The SMILES string of the molecule is C=C(C)/C(=C\C=C/C)C(CCNC(=O)C1=C(N)CCC(C)=C(C(=O)O)C1c1cccc(Cl)c1)c1ccccc1. The topological polar surface area (TPSA) is 92.4 Å². The van der Waals surface area contributed by atoms with Gasteiger partial charge in [0.15, 0.2) is 0 Å². The zero-order valence-electron chi connectivity index (χ0n) is 22.8. The lowest BCUT2D eigenvalue weighted by atomic mass is 9.82. The average molecular weight is 545 g/mol. The second-order valence-electron chi connectivity index (χ2n) is 9.86. The van der Waals surface area contributed by atoms with E-state index in [1.165, 1.54) is 0 Å². The van der Waals surface area contributed by atoms with E-state index in [1.807, 2.05) is 44.2 Å². The van der Waals surface area contributed by atoms with Crippen LogP contribution in [0.3, 0.4) is 0 Å². The maximum atomic E-state index is 13.8. The number of amides is 1. The van der Waals surface area contributed by atoms with Gasteiger partial charge in [-0.1, -0.05) is 90.0 Å². The summed E-state index contributed by atoms with van der Waals surface area (Å²) in [5, 5.41) is 13.7. The van der Waals surface area contributed by atoms with Gasteiger partial charge in [0.05, 0.1) is 0 Å². The minimum absolute atomic E-state index is 0.0149. The van der Waals surface area contributed by atoms with Crippen LogP contribution in [-0.4, -0.2) is 23.5 Å². The molecular weight excluding hydrogens is 508 g/mol. The zero-order chi connectivity index (χ0) is 28.5. The van der Waals surface area contributed by atoms with Crippen LogP contribution in [-0.2, 0) is 9.59 Å². The van der Waals surface area contributed by atoms with E-state index < -0.39 is 11.9 Å². The van der Waals surface area contributed by atoms with Crippen LogP contribution in [0.5, 0.6) is 0 Å². The highest BCUT2D eigenvalue weighted by molar-refractivity contribution is 6.30. The second kappa shape index (κ2) is 13.8. The summed E-state index contributed by atoms with van der Waals surface area (Å²) >= 11 is 6.27. The molecule has 0 aromatic heterocycles. The molecule has 2 aromatic rings. The quantitative estimate of drug-likeness (QED) is 0.276. The van der Waals surface area contributed by atoms with Crippen molar-refractivity contribution in [1.29, 1.82) is 0 Å². The largest absolute Gasteiger partial charge is 0.478 e. The molecule has 0 bridgehead atoms. The molecule has 2 unspecified atom stereocenters. The van der Waals surface area contributed by atoms with Crippen molar-refractivity contribution in [2.45, 2.75) is 51.9 Å². The van der Waals surface area contributed by atoms with E-state index >= 15 is 0 Å². The maximum Gasteiger partial charge on any atom is 0.332 e. The van der Waals surface area contributed by atoms with Gasteiger partial charge < -0.3 is 16.2 Å². The third-order valence-electron chi connectivity index (χ3n) is 7.07. The van der Waals surface area contributed by atoms with Gasteiger partial charge in [0.25, 0.3) is 0 Å². The van der Waals surface area contributed by atoms with Gasteiger partial charge in [0.1, 0.15) is 0 Å². The molecule has 2 aromatic carbocycles. The van der Waals surface area contributed by atoms with E-state index in [-0.39, 0.29) is 23.0 Å². The second-order valence-corrected chi connectivity index (χ2v) is 10.3. The Morgan fingerprint density at radius 3 is 2.49 bits per heavy atom. The number of allylic oxidation sites excluding steroid dienone is 7. The van der Waals surface area contributed by atoms with Crippen LogP contribution < -0.4 is 11.1 Å². The van der Waals surface area contributed by atoms with E-state index in [0.29, 0.717) is 47.7 Å². The minimum Gasteiger partial charge on any atom is -0.478 e. The number of nitrogens with two attached hydrogens (primary N) is 1. The molecule has 0 heterocycles. The molecule has 6 heteroatoms. The molecule has 4 N–H and O–H groups in total. The molecule has 5 nitrogen and oxygen atoms in total. The fourth-order valence-corrected chi connectivity index (χ4v) is 5.34. The number of halogens is 1. The van der Waals surface area contributed by atoms with Crippen molar-refractivity contribution in [2.75, 3.05) is 6.54 Å². The number of rotatable bonds is 10. The Morgan fingerprint density at radius 1 is 1.15 bits per heavy atom. The average Bonchev–Trinajstić information content (AvgIpc) is 3.03. The summed E-state index contributed by atoms with van der Waals surface area (Å²) in [5.41, 5.74) is 11.8. The van der Waals surface area contributed by atoms with Crippen molar-refractivity contribution in [3.05, 3.63) is 129 Å². The molecule has 39 heavy (non-hydrogen) atoms. The number of benzene rings is 2. The molecule has 2 atom stereocenters. The first-order valence-corrected chi connectivity index (χ1v) is 13.5. The third-order valence-corrected chi connectivity index (χ3v) is 7.30. The Balaban J connectivity index is 1.95. The van der Waals surface area contributed by atoms with Crippen molar-refractivity contribution >= 4 is 23.5 Å². The molecular formula is C33H37ClN2O3. The van der Waals surface area contributed by atoms with Gasteiger partial charge in [0.2, 0.25) is 5.91 Å². The smallest absolute Gasteiger partial charge is 0.332 e. The van der Waals surface area contributed by atoms with Crippen LogP contribution in [0, 0.1) is 0 Å². The van der Waals surface area contributed by atoms with Gasteiger partial charge in [0, 0.05) is 40.2 Å². The number of nitrogens with one attached hydrogen (secondary N) is 1. The lowest BCUT2D eigenvalue weighted by molar-refractivity contribution is -0.133. The molecule has 0 spiro atoms. The van der Waals surface area contributed by atoms with E-state index in [9.17, 15) is 14.7 Å². The predicted octanol–water partition coefficient (Wildman–Crippen LogP) is 7.20. The van der Waals surface area contributed by atoms with Gasteiger partial charge >= 0.3 is 5.97 Å². The Hall–Kier alpha value is -3.83. The van der Waals surface area contributed by atoms with Crippen LogP contribution >= 0.6 is 11.6 Å². The first kappa shape index (κ1) is 29.7. The Bertz CT molecular complexity index is 1350. The lowest BCUT2D eigenvalue weighted by Gasteiger charge is -2.24. The zero-order valence-corrected chi connectivity index (χ0v) is 23.6. The number of hydrogen-bond acceptors (Lipinski definition) is 3. The van der Waals surface area contributed by atoms with E-state index in [4.69, 9.17) is 17.3 Å². The van der Waals surface area contributed by atoms with E-state index in [1.54, 1.807) is 31.2 Å². The molecule has 0 fully saturated rings. The van der Waals surface area contributed by atoms with Gasteiger partial charge in [-0.3, -0.25) is 4.79 Å². The van der Waals surface area contributed by atoms with Gasteiger partial charge in [-0.15, -0.1) is 0 Å². The molecule has 0 radical (unpaired) electrons. The summed E-state index contributed by atoms with van der Waals surface area (Å²) in [6, 6.07) is 17.1. The summed E-state index contributed by atoms with van der Waals surface area (Å²) in [6.07, 6.45) is 7.53. The fourth-order valence-electron chi connectivity index (χ4n) is 5.14. The fraction of sp³-hybridized carbons (Fsp3) is 0.273. The highest BCUT2D eigenvalue weighted by Gasteiger charge is 2.35. The number of carbonyl (C=O) groups excluding carboxylic acids is 1. The maximum absolute atomic E-state index is 13.8. The standard InChI is InChI=1S/C33H37ClN2O3/c1-5-6-15-26(21(2)3)27(23-11-8-7-9-12-23)18-19-36-32(37)31-28(35)17-16-22(4)29(33(38)39)30(31)24-13-10-14-25(34)20-24/h5-15,20,27,30H,2,16-19,35H2,1,3-4H3,(H,36,37)(H,38,39)/b6-5-,26-15+. The van der Waals surface area contributed by atoms with Crippen LogP contribution in [0.15, 0.2) is 113 Å². The third kappa shape index (κ3) is 7.39. The monoisotopic (exact) mass is 544 g/mol. The summed E-state index contributed by atoms with van der Waals surface area (Å²) in [4.78, 5) is 26.2. The van der Waals surface area contributed by atoms with Crippen molar-refractivity contribution in [3.8, 4) is 0 Å². The number of carboxylic acids is 1. The number of aliphatic carboxylic acids is 1. The molecule has 0 saturated carbocycles. The minimum atomic E-state index is -1.07. The van der Waals surface area contributed by atoms with E-state index in [2.05, 4.69) is 30.1 Å². The first-order chi connectivity index (χ1) is 18.6. The molecule has 204 valence electrons.